The van der Waals surface area contributed by atoms with E-state index in [0.29, 0.717) is 0 Å². The van der Waals surface area contributed by atoms with Crippen LogP contribution in [0.15, 0.2) is 23.2 Å². The van der Waals surface area contributed by atoms with Gasteiger partial charge in [-0.15, -0.1) is 0 Å². The molecule has 0 unspecified atom stereocenters. The number of nitrogens with zero attached hydrogens (tertiary/aromatic N) is 1. The minimum Gasteiger partial charge on any atom is -0.483 e. The highest BCUT2D eigenvalue weighted by Crippen LogP contribution is 2.58. The molecule has 172 valence electrons. The number of aliphatic imine (C=N–C) groups is 1. The van der Waals surface area contributed by atoms with Crippen molar-refractivity contribution in [2.45, 2.75) is 37.4 Å². The van der Waals surface area contributed by atoms with Crippen LogP contribution in [0.25, 0.3) is 0 Å². The maximum Gasteiger partial charge on any atom is 0.403 e. The van der Waals surface area contributed by atoms with E-state index >= 15 is 0 Å². The molecule has 1 aromatic carbocycles. The van der Waals surface area contributed by atoms with Gasteiger partial charge in [-0.2, -0.15) is 13.2 Å². The topological polar surface area (TPSA) is 114 Å². The number of rotatable bonds is 3. The number of amidine groups is 1. The Labute approximate surface area is 172 Å². The lowest BCUT2D eigenvalue weighted by atomic mass is 9.85. The summed E-state index contributed by atoms with van der Waals surface area (Å²) in [4.78, 5) is 24.1. The number of hydrogen-bond acceptors (Lipinski definition) is 5. The smallest absolute Gasteiger partial charge is 0.403 e. The van der Waals surface area contributed by atoms with Gasteiger partial charge in [0.05, 0.1) is 0 Å². The lowest BCUT2D eigenvalue weighted by molar-refractivity contribution is -0.189. The van der Waals surface area contributed by atoms with Crippen molar-refractivity contribution in [3.8, 4) is 0 Å². The van der Waals surface area contributed by atoms with Crippen LogP contribution in [-0.4, -0.2) is 48.6 Å². The normalized spacial score (nSPS) is 24.0. The Hall–Kier alpha value is -2.83. The molecule has 7 nitrogen and oxygen atoms in total. The highest BCUT2D eigenvalue weighted by Gasteiger charge is 2.68. The van der Waals surface area contributed by atoms with Gasteiger partial charge in [0.1, 0.15) is 30.3 Å². The van der Waals surface area contributed by atoms with Crippen molar-refractivity contribution in [1.82, 2.24) is 0 Å². The largest absolute Gasteiger partial charge is 0.483 e. The molecule has 1 saturated carbocycles. The third kappa shape index (κ3) is 4.60. The Morgan fingerprint density at radius 2 is 1.90 bits per heavy atom. The number of amides is 1. The van der Waals surface area contributed by atoms with E-state index in [4.69, 9.17) is 20.4 Å². The molecule has 0 spiro atoms. The van der Waals surface area contributed by atoms with Crippen molar-refractivity contribution in [3.63, 3.8) is 0 Å². The van der Waals surface area contributed by atoms with Crippen molar-refractivity contribution in [2.75, 3.05) is 18.5 Å². The molecule has 0 radical (unpaired) electrons. The zero-order chi connectivity index (χ0) is 23.7. The van der Waals surface area contributed by atoms with Gasteiger partial charge in [-0.3, -0.25) is 14.6 Å². The highest BCUT2D eigenvalue weighted by molar-refractivity contribution is 5.98. The molecule has 0 aromatic heterocycles. The number of ether oxygens (including phenoxy) is 1. The van der Waals surface area contributed by atoms with Gasteiger partial charge < -0.3 is 20.9 Å². The van der Waals surface area contributed by atoms with E-state index < -0.39 is 46.9 Å². The van der Waals surface area contributed by atoms with Crippen LogP contribution in [0, 0.1) is 11.2 Å². The van der Waals surface area contributed by atoms with E-state index in [1.807, 2.05) is 5.32 Å². The molecule has 0 saturated heterocycles. The van der Waals surface area contributed by atoms with Gasteiger partial charge in [-0.05, 0) is 38.0 Å². The van der Waals surface area contributed by atoms with Gasteiger partial charge in [0.2, 0.25) is 5.91 Å². The van der Waals surface area contributed by atoms with E-state index in [1.54, 1.807) is 0 Å². The Bertz CT molecular complexity index is 886. The second-order valence-electron chi connectivity index (χ2n) is 7.21. The minimum atomic E-state index is -4.74. The molecule has 3 rings (SSSR count). The predicted octanol–water partition coefficient (Wildman–Crippen LogP) is 3.05. The summed E-state index contributed by atoms with van der Waals surface area (Å²) >= 11 is 0. The number of alkyl halides is 5. The molecule has 2 aliphatic rings. The monoisotopic (exact) mass is 455 g/mol. The van der Waals surface area contributed by atoms with Crippen LogP contribution >= 0.6 is 0 Å². The quantitative estimate of drug-likeness (QED) is 0.479. The summed E-state index contributed by atoms with van der Waals surface area (Å²) in [6, 6.07) is 2.61. The van der Waals surface area contributed by atoms with Gasteiger partial charge in [-0.1, -0.05) is 0 Å². The molecule has 1 aliphatic heterocycles. The fourth-order valence-electron chi connectivity index (χ4n) is 3.07. The molecule has 1 heterocycles. The van der Waals surface area contributed by atoms with Gasteiger partial charge in [-0.25, -0.2) is 13.2 Å². The zero-order valence-electron chi connectivity index (χ0n) is 16.1. The second-order valence-corrected chi connectivity index (χ2v) is 7.21. The molecular formula is C18H19F6N3O4. The number of nitrogens with two attached hydrogens (primary N) is 1. The Morgan fingerprint density at radius 3 is 2.42 bits per heavy atom. The average molecular weight is 455 g/mol. The Morgan fingerprint density at radius 1 is 1.32 bits per heavy atom. The molecule has 1 amide bonds. The van der Waals surface area contributed by atoms with Crippen LogP contribution in [0.4, 0.5) is 32.0 Å². The first kappa shape index (κ1) is 24.4. The summed E-state index contributed by atoms with van der Waals surface area (Å²) in [7, 11) is 0. The third-order valence-corrected chi connectivity index (χ3v) is 5.09. The van der Waals surface area contributed by atoms with E-state index in [1.165, 1.54) is 0 Å². The van der Waals surface area contributed by atoms with Crippen LogP contribution in [0.3, 0.4) is 0 Å². The van der Waals surface area contributed by atoms with Crippen molar-refractivity contribution >= 4 is 23.9 Å². The first-order chi connectivity index (χ1) is 14.2. The number of halogens is 6. The number of carboxylic acid groups (broad SMARTS) is 1. The minimum absolute atomic E-state index is 0.250. The van der Waals surface area contributed by atoms with E-state index in [0.717, 1.165) is 25.1 Å². The van der Waals surface area contributed by atoms with Crippen molar-refractivity contribution in [2.24, 2.45) is 16.1 Å². The fraction of sp³-hybridized carbons (Fsp3) is 0.500. The first-order valence-electron chi connectivity index (χ1n) is 8.80. The second kappa shape index (κ2) is 8.36. The average Bonchev–Trinajstić information content (AvgIpc) is 3.45. The summed E-state index contributed by atoms with van der Waals surface area (Å²) in [5.41, 5.74) is -0.334. The van der Waals surface area contributed by atoms with Crippen LogP contribution in [0.1, 0.15) is 25.3 Å². The van der Waals surface area contributed by atoms with Crippen molar-refractivity contribution in [1.29, 1.82) is 0 Å². The fourth-order valence-corrected chi connectivity index (χ4v) is 3.07. The van der Waals surface area contributed by atoms with Gasteiger partial charge in [0, 0.05) is 11.3 Å². The van der Waals surface area contributed by atoms with Crippen LogP contribution < -0.4 is 11.1 Å². The number of benzene rings is 1. The molecule has 31 heavy (non-hydrogen) atoms. The van der Waals surface area contributed by atoms with Crippen molar-refractivity contribution < 1.29 is 45.8 Å². The zero-order valence-corrected chi connectivity index (χ0v) is 16.1. The van der Waals surface area contributed by atoms with E-state index in [-0.39, 0.29) is 37.4 Å². The molecule has 1 fully saturated rings. The summed E-state index contributed by atoms with van der Waals surface area (Å²) < 4.78 is 87.6. The SMILES string of the molecule is C[C@]1(c2cc(NC(=O)C3(C(F)(F)F)CC3)ccc2F)N=C(N)COCC1(F)F.O=CO. The van der Waals surface area contributed by atoms with Crippen LogP contribution in [-0.2, 0) is 19.9 Å². The van der Waals surface area contributed by atoms with E-state index in [2.05, 4.69) is 4.99 Å². The third-order valence-electron chi connectivity index (χ3n) is 5.09. The molecule has 4 N–H and O–H groups in total. The number of carbonyl (C=O) groups excluding carboxylic acids is 1. The summed E-state index contributed by atoms with van der Waals surface area (Å²) in [5, 5.41) is 8.94. The summed E-state index contributed by atoms with van der Waals surface area (Å²) in [6.07, 6.45) is -5.48. The molecule has 1 aliphatic carbocycles. The Kier molecular flexibility index (Phi) is 6.59. The lowest BCUT2D eigenvalue weighted by Gasteiger charge is -2.33. The summed E-state index contributed by atoms with van der Waals surface area (Å²) in [5.74, 6) is -6.35. The molecular weight excluding hydrogens is 436 g/mol. The Balaban J connectivity index is 0.00000107. The maximum atomic E-state index is 14.6. The number of anilines is 1. The first-order valence-corrected chi connectivity index (χ1v) is 8.80. The van der Waals surface area contributed by atoms with Gasteiger partial charge >= 0.3 is 6.18 Å². The highest BCUT2D eigenvalue weighted by atomic mass is 19.4. The standard InChI is InChI=1S/C17H17F6N3O2.CH2O2/c1-14(16(19,20)8-28-7-12(24)26-14)10-6-9(2-3-11(10)18)25-13(27)15(4-5-15)17(21,22)23;2-1-3/h2-3,6H,4-5,7-8H2,1H3,(H2,24,26)(H,25,27);1H,(H,2,3)/t14-;/m1./s1. The van der Waals surface area contributed by atoms with Crippen LogP contribution in [0.2, 0.25) is 0 Å². The van der Waals surface area contributed by atoms with Crippen LogP contribution in [0.5, 0.6) is 0 Å². The lowest BCUT2D eigenvalue weighted by Crippen LogP contribution is -2.45. The van der Waals surface area contributed by atoms with Gasteiger partial charge in [0.25, 0.3) is 12.4 Å². The molecule has 1 atom stereocenters. The predicted molar refractivity (Wildman–Crippen MR) is 96.2 cm³/mol. The van der Waals surface area contributed by atoms with E-state index in [9.17, 15) is 31.1 Å². The molecule has 0 bridgehead atoms. The number of nitrogens with one attached hydrogen (secondary N) is 1. The number of hydrogen-bond donors (Lipinski definition) is 3. The molecule has 1 aromatic rings. The van der Waals surface area contributed by atoms with Gasteiger partial charge in [0.15, 0.2) is 5.54 Å². The summed E-state index contributed by atoms with van der Waals surface area (Å²) in [6.45, 7) is -0.769. The molecule has 13 heteroatoms. The van der Waals surface area contributed by atoms with Crippen molar-refractivity contribution in [3.05, 3.63) is 29.6 Å². The maximum absolute atomic E-state index is 14.6. The number of carbonyl (C=O) groups is 2.